The molecular weight excluding hydrogens is 318 g/mol. The minimum absolute atomic E-state index is 0.0314. The van der Waals surface area contributed by atoms with Crippen molar-refractivity contribution in [1.82, 2.24) is 15.3 Å². The second-order valence-corrected chi connectivity index (χ2v) is 6.51. The summed E-state index contributed by atoms with van der Waals surface area (Å²) in [4.78, 5) is 20.6. The Hall–Kier alpha value is -2.53. The molecule has 0 saturated carbocycles. The molecule has 0 aliphatic carbocycles. The first kappa shape index (κ1) is 16.3. The summed E-state index contributed by atoms with van der Waals surface area (Å²) in [5, 5.41) is 5.95. The summed E-state index contributed by atoms with van der Waals surface area (Å²) in [5.41, 5.74) is 4.32. The van der Waals surface area contributed by atoms with Crippen LogP contribution in [-0.2, 0) is 17.8 Å². The Kier molecular flexibility index (Phi) is 5.33. The van der Waals surface area contributed by atoms with Crippen molar-refractivity contribution in [2.75, 3.05) is 0 Å². The van der Waals surface area contributed by atoms with Gasteiger partial charge in [-0.05, 0) is 31.0 Å². The minimum Gasteiger partial charge on any atom is -0.352 e. The van der Waals surface area contributed by atoms with Gasteiger partial charge in [0.2, 0.25) is 5.91 Å². The number of pyridine rings is 1. The van der Waals surface area contributed by atoms with Gasteiger partial charge in [-0.25, -0.2) is 4.98 Å². The van der Waals surface area contributed by atoms with Crippen molar-refractivity contribution in [2.45, 2.75) is 26.3 Å². The summed E-state index contributed by atoms with van der Waals surface area (Å²) in [6, 6.07) is 12.1. The molecule has 0 atom stereocenters. The first-order valence-corrected chi connectivity index (χ1v) is 8.76. The molecule has 0 fully saturated rings. The predicted molar refractivity (Wildman–Crippen MR) is 96.7 cm³/mol. The summed E-state index contributed by atoms with van der Waals surface area (Å²) in [6.07, 6.45) is 4.58. The number of thiazole rings is 1. The van der Waals surface area contributed by atoms with Gasteiger partial charge < -0.3 is 5.32 Å². The van der Waals surface area contributed by atoms with E-state index in [1.54, 1.807) is 23.7 Å². The summed E-state index contributed by atoms with van der Waals surface area (Å²) >= 11 is 1.62. The van der Waals surface area contributed by atoms with E-state index in [4.69, 9.17) is 0 Å². The highest BCUT2D eigenvalue weighted by atomic mass is 32.1. The smallest absolute Gasteiger partial charge is 0.220 e. The van der Waals surface area contributed by atoms with Crippen LogP contribution in [0.5, 0.6) is 0 Å². The maximum atomic E-state index is 12.0. The van der Waals surface area contributed by atoms with Crippen LogP contribution < -0.4 is 5.32 Å². The average molecular weight is 337 g/mol. The lowest BCUT2D eigenvalue weighted by Crippen LogP contribution is -2.23. The highest BCUT2D eigenvalue weighted by molar-refractivity contribution is 7.13. The van der Waals surface area contributed by atoms with E-state index in [-0.39, 0.29) is 5.91 Å². The summed E-state index contributed by atoms with van der Waals surface area (Å²) in [6.45, 7) is 2.59. The molecule has 0 aliphatic rings. The lowest BCUT2D eigenvalue weighted by Gasteiger charge is -2.04. The SMILES string of the molecule is Cc1cccc(-c2nc(CCC(=O)NCc3cccnc3)cs2)c1. The van der Waals surface area contributed by atoms with Crippen LogP contribution in [0.2, 0.25) is 0 Å². The number of benzene rings is 1. The van der Waals surface area contributed by atoms with Crippen molar-refractivity contribution in [3.05, 3.63) is 71.0 Å². The van der Waals surface area contributed by atoms with E-state index in [0.717, 1.165) is 21.8 Å². The maximum Gasteiger partial charge on any atom is 0.220 e. The van der Waals surface area contributed by atoms with Gasteiger partial charge in [0.05, 0.1) is 5.69 Å². The van der Waals surface area contributed by atoms with Crippen LogP contribution in [-0.4, -0.2) is 15.9 Å². The molecule has 1 amide bonds. The molecule has 5 heteroatoms. The van der Waals surface area contributed by atoms with Crippen molar-refractivity contribution in [1.29, 1.82) is 0 Å². The molecule has 2 aromatic heterocycles. The number of nitrogens with zero attached hydrogens (tertiary/aromatic N) is 2. The fraction of sp³-hybridized carbons (Fsp3) is 0.211. The van der Waals surface area contributed by atoms with E-state index in [0.29, 0.717) is 19.4 Å². The Bertz CT molecular complexity index is 814. The lowest BCUT2D eigenvalue weighted by atomic mass is 10.1. The number of aromatic nitrogens is 2. The molecule has 0 saturated heterocycles. The van der Waals surface area contributed by atoms with Crippen LogP contribution in [0.1, 0.15) is 23.2 Å². The molecule has 0 aliphatic heterocycles. The van der Waals surface area contributed by atoms with Crippen LogP contribution in [0, 0.1) is 6.92 Å². The number of carbonyl (C=O) groups is 1. The van der Waals surface area contributed by atoms with E-state index in [9.17, 15) is 4.79 Å². The van der Waals surface area contributed by atoms with Gasteiger partial charge in [-0.1, -0.05) is 29.8 Å². The second-order valence-electron chi connectivity index (χ2n) is 5.65. The number of hydrogen-bond donors (Lipinski definition) is 1. The summed E-state index contributed by atoms with van der Waals surface area (Å²) < 4.78 is 0. The molecule has 2 heterocycles. The molecule has 1 aromatic carbocycles. The Morgan fingerprint density at radius 3 is 2.96 bits per heavy atom. The molecule has 122 valence electrons. The zero-order chi connectivity index (χ0) is 16.8. The molecule has 3 aromatic rings. The molecule has 0 bridgehead atoms. The molecule has 3 rings (SSSR count). The number of aryl methyl sites for hydroxylation is 2. The van der Waals surface area contributed by atoms with Gasteiger partial charge in [-0.2, -0.15) is 0 Å². The zero-order valence-corrected chi connectivity index (χ0v) is 14.3. The Morgan fingerprint density at radius 2 is 2.17 bits per heavy atom. The van der Waals surface area contributed by atoms with Crippen molar-refractivity contribution in [3.8, 4) is 10.6 Å². The standard InChI is InChI=1S/C19H19N3OS/c1-14-4-2-6-16(10-14)19-22-17(13-24-19)7-8-18(23)21-12-15-5-3-9-20-11-15/h2-6,9-11,13H,7-8,12H2,1H3,(H,21,23). The molecular formula is C19H19N3OS. The first-order valence-electron chi connectivity index (χ1n) is 7.88. The van der Waals surface area contributed by atoms with E-state index in [1.807, 2.05) is 23.6 Å². The van der Waals surface area contributed by atoms with Crippen molar-refractivity contribution in [3.63, 3.8) is 0 Å². The van der Waals surface area contributed by atoms with Crippen LogP contribution in [0.3, 0.4) is 0 Å². The van der Waals surface area contributed by atoms with Crippen LogP contribution >= 0.6 is 11.3 Å². The van der Waals surface area contributed by atoms with Crippen molar-refractivity contribution >= 4 is 17.2 Å². The first-order chi connectivity index (χ1) is 11.7. The minimum atomic E-state index is 0.0314. The molecule has 0 spiro atoms. The average Bonchev–Trinajstić information content (AvgIpc) is 3.08. The highest BCUT2D eigenvalue weighted by Crippen LogP contribution is 2.24. The van der Waals surface area contributed by atoms with E-state index >= 15 is 0 Å². The molecule has 4 nitrogen and oxygen atoms in total. The second kappa shape index (κ2) is 7.84. The Labute approximate surface area is 145 Å². The van der Waals surface area contributed by atoms with E-state index in [1.165, 1.54) is 5.56 Å². The third kappa shape index (κ3) is 4.49. The highest BCUT2D eigenvalue weighted by Gasteiger charge is 2.07. The van der Waals surface area contributed by atoms with Gasteiger partial charge >= 0.3 is 0 Å². The fourth-order valence-electron chi connectivity index (χ4n) is 2.37. The quantitative estimate of drug-likeness (QED) is 0.745. The zero-order valence-electron chi connectivity index (χ0n) is 13.5. The van der Waals surface area contributed by atoms with E-state index < -0.39 is 0 Å². The normalized spacial score (nSPS) is 10.5. The third-order valence-electron chi connectivity index (χ3n) is 3.64. The fourth-order valence-corrected chi connectivity index (χ4v) is 3.22. The van der Waals surface area contributed by atoms with Gasteiger partial charge in [0.25, 0.3) is 0 Å². The molecule has 0 radical (unpaired) electrons. The number of hydrogen-bond acceptors (Lipinski definition) is 4. The van der Waals surface area contributed by atoms with Gasteiger partial charge in [0.1, 0.15) is 5.01 Å². The van der Waals surface area contributed by atoms with Crippen LogP contribution in [0.4, 0.5) is 0 Å². The predicted octanol–water partition coefficient (Wildman–Crippen LogP) is 3.76. The Balaban J connectivity index is 1.51. The van der Waals surface area contributed by atoms with Gasteiger partial charge in [-0.15, -0.1) is 11.3 Å². The lowest BCUT2D eigenvalue weighted by molar-refractivity contribution is -0.121. The molecule has 1 N–H and O–H groups in total. The van der Waals surface area contributed by atoms with Crippen LogP contribution in [0.25, 0.3) is 10.6 Å². The third-order valence-corrected chi connectivity index (χ3v) is 4.58. The summed E-state index contributed by atoms with van der Waals surface area (Å²) in [7, 11) is 0. The number of nitrogens with one attached hydrogen (secondary N) is 1. The van der Waals surface area contributed by atoms with Crippen LogP contribution in [0.15, 0.2) is 54.2 Å². The topological polar surface area (TPSA) is 54.9 Å². The van der Waals surface area contributed by atoms with Gasteiger partial charge in [-0.3, -0.25) is 9.78 Å². The number of amides is 1. The maximum absolute atomic E-state index is 12.0. The summed E-state index contributed by atoms with van der Waals surface area (Å²) in [5.74, 6) is 0.0314. The number of carbonyl (C=O) groups excluding carboxylic acids is 1. The van der Waals surface area contributed by atoms with Crippen molar-refractivity contribution < 1.29 is 4.79 Å². The van der Waals surface area contributed by atoms with Gasteiger partial charge in [0.15, 0.2) is 0 Å². The monoisotopic (exact) mass is 337 g/mol. The Morgan fingerprint density at radius 1 is 1.25 bits per heavy atom. The molecule has 0 unspecified atom stereocenters. The molecule has 24 heavy (non-hydrogen) atoms. The number of rotatable bonds is 6. The van der Waals surface area contributed by atoms with E-state index in [2.05, 4.69) is 40.4 Å². The largest absolute Gasteiger partial charge is 0.352 e. The van der Waals surface area contributed by atoms with Gasteiger partial charge in [0, 0.05) is 36.3 Å². The van der Waals surface area contributed by atoms with Crippen molar-refractivity contribution in [2.24, 2.45) is 0 Å².